The zero-order valence-corrected chi connectivity index (χ0v) is 16.3. The van der Waals surface area contributed by atoms with E-state index in [0.29, 0.717) is 29.3 Å². The number of alkyl halides is 3. The average Bonchev–Trinajstić information content (AvgIpc) is 3.30. The van der Waals surface area contributed by atoms with Gasteiger partial charge in [0.15, 0.2) is 6.61 Å². The van der Waals surface area contributed by atoms with E-state index in [1.165, 1.54) is 12.1 Å². The lowest BCUT2D eigenvalue weighted by Gasteiger charge is -2.07. The Balaban J connectivity index is 1.59. The minimum atomic E-state index is -4.40. The standard InChI is InChI=1S/C22H17F3N2O4/c1-13-19(31-21(26-13)14-5-7-15(8-6-14)22(23,24)25)11-27-10-9-16-17(27)3-2-4-18(16)30-12-20(28)29/h2-10H,11-12H2,1H3,(H,28,29). The van der Waals surface area contributed by atoms with Crippen LogP contribution in [0.4, 0.5) is 13.2 Å². The first kappa shape index (κ1) is 20.5. The number of carboxylic acids is 1. The van der Waals surface area contributed by atoms with Crippen molar-refractivity contribution in [2.45, 2.75) is 19.6 Å². The summed E-state index contributed by atoms with van der Waals surface area (Å²) >= 11 is 0. The van der Waals surface area contributed by atoms with Crippen molar-refractivity contribution < 1.29 is 32.2 Å². The number of hydrogen-bond donors (Lipinski definition) is 1. The Morgan fingerprint density at radius 2 is 1.90 bits per heavy atom. The van der Waals surface area contributed by atoms with Crippen LogP contribution in [0, 0.1) is 6.92 Å². The third-order valence-electron chi connectivity index (χ3n) is 4.79. The fourth-order valence-corrected chi connectivity index (χ4v) is 3.25. The van der Waals surface area contributed by atoms with Crippen molar-refractivity contribution in [3.63, 3.8) is 0 Å². The summed E-state index contributed by atoms with van der Waals surface area (Å²) in [5.74, 6) is 0.190. The second-order valence-electron chi connectivity index (χ2n) is 6.92. The lowest BCUT2D eigenvalue weighted by atomic mass is 10.1. The number of aryl methyl sites for hydroxylation is 1. The Morgan fingerprint density at radius 1 is 1.16 bits per heavy atom. The maximum atomic E-state index is 12.8. The molecule has 4 aromatic rings. The number of halogens is 3. The van der Waals surface area contributed by atoms with Gasteiger partial charge in [0.05, 0.1) is 23.3 Å². The second kappa shape index (κ2) is 7.82. The summed E-state index contributed by atoms with van der Waals surface area (Å²) in [6, 6.07) is 11.8. The molecule has 0 radical (unpaired) electrons. The van der Waals surface area contributed by atoms with Gasteiger partial charge in [-0.05, 0) is 49.4 Å². The third kappa shape index (κ3) is 4.25. The van der Waals surface area contributed by atoms with E-state index in [2.05, 4.69) is 4.98 Å². The van der Waals surface area contributed by atoms with Crippen LogP contribution in [0.1, 0.15) is 17.0 Å². The molecule has 4 rings (SSSR count). The molecule has 0 saturated heterocycles. The molecule has 0 spiro atoms. The minimum Gasteiger partial charge on any atom is -0.481 e. The van der Waals surface area contributed by atoms with Crippen molar-refractivity contribution in [2.24, 2.45) is 0 Å². The van der Waals surface area contributed by atoms with Gasteiger partial charge in [-0.2, -0.15) is 13.2 Å². The molecular weight excluding hydrogens is 413 g/mol. The number of carbonyl (C=O) groups is 1. The van der Waals surface area contributed by atoms with Crippen molar-refractivity contribution in [1.29, 1.82) is 0 Å². The van der Waals surface area contributed by atoms with Crippen LogP contribution in [-0.4, -0.2) is 27.2 Å². The van der Waals surface area contributed by atoms with Gasteiger partial charge in [-0.1, -0.05) is 6.07 Å². The number of nitrogens with zero attached hydrogens (tertiary/aromatic N) is 2. The van der Waals surface area contributed by atoms with E-state index in [4.69, 9.17) is 14.3 Å². The van der Waals surface area contributed by atoms with Gasteiger partial charge in [0, 0.05) is 17.1 Å². The van der Waals surface area contributed by atoms with Gasteiger partial charge in [-0.15, -0.1) is 0 Å². The summed E-state index contributed by atoms with van der Waals surface area (Å²) in [5, 5.41) is 9.58. The molecule has 2 aromatic heterocycles. The van der Waals surface area contributed by atoms with Crippen molar-refractivity contribution >= 4 is 16.9 Å². The Labute approximate surface area is 174 Å². The Hall–Kier alpha value is -3.75. The van der Waals surface area contributed by atoms with Gasteiger partial charge in [0.2, 0.25) is 5.89 Å². The van der Waals surface area contributed by atoms with Crippen LogP contribution in [0.15, 0.2) is 59.1 Å². The van der Waals surface area contributed by atoms with E-state index >= 15 is 0 Å². The monoisotopic (exact) mass is 430 g/mol. The Kier molecular flexibility index (Phi) is 5.18. The van der Waals surface area contributed by atoms with E-state index in [9.17, 15) is 18.0 Å². The molecule has 6 nitrogen and oxygen atoms in total. The first-order valence-electron chi connectivity index (χ1n) is 9.29. The molecule has 0 aliphatic carbocycles. The molecule has 0 bridgehead atoms. The number of hydrogen-bond acceptors (Lipinski definition) is 4. The lowest BCUT2D eigenvalue weighted by molar-refractivity contribution is -0.139. The zero-order valence-electron chi connectivity index (χ0n) is 16.3. The van der Waals surface area contributed by atoms with Crippen LogP contribution in [0.25, 0.3) is 22.4 Å². The molecule has 0 amide bonds. The predicted molar refractivity (Wildman–Crippen MR) is 106 cm³/mol. The van der Waals surface area contributed by atoms with E-state index in [1.807, 2.05) is 22.9 Å². The topological polar surface area (TPSA) is 77.5 Å². The maximum Gasteiger partial charge on any atom is 0.416 e. The van der Waals surface area contributed by atoms with Crippen molar-refractivity contribution in [3.05, 3.63) is 71.7 Å². The summed E-state index contributed by atoms with van der Waals surface area (Å²) in [6.45, 7) is 1.66. The average molecular weight is 430 g/mol. The zero-order chi connectivity index (χ0) is 22.2. The smallest absolute Gasteiger partial charge is 0.416 e. The molecule has 0 atom stereocenters. The molecular formula is C22H17F3N2O4. The molecule has 0 fully saturated rings. The van der Waals surface area contributed by atoms with Crippen LogP contribution in [0.2, 0.25) is 0 Å². The van der Waals surface area contributed by atoms with Crippen molar-refractivity contribution in [2.75, 3.05) is 6.61 Å². The van der Waals surface area contributed by atoms with Crippen LogP contribution >= 0.6 is 0 Å². The number of oxazole rings is 1. The molecule has 0 aliphatic rings. The quantitative estimate of drug-likeness (QED) is 0.459. The predicted octanol–water partition coefficient (Wildman–Crippen LogP) is 5.14. The van der Waals surface area contributed by atoms with Crippen LogP contribution in [0.5, 0.6) is 5.75 Å². The van der Waals surface area contributed by atoms with E-state index in [-0.39, 0.29) is 5.89 Å². The highest BCUT2D eigenvalue weighted by Gasteiger charge is 2.30. The maximum absolute atomic E-state index is 12.8. The molecule has 2 heterocycles. The number of benzene rings is 2. The first-order chi connectivity index (χ1) is 14.7. The minimum absolute atomic E-state index is 0.239. The first-order valence-corrected chi connectivity index (χ1v) is 9.29. The fraction of sp³-hybridized carbons (Fsp3) is 0.182. The van der Waals surface area contributed by atoms with E-state index in [0.717, 1.165) is 23.0 Å². The Morgan fingerprint density at radius 3 is 2.58 bits per heavy atom. The number of aromatic nitrogens is 2. The number of carboxylic acid groups (broad SMARTS) is 1. The highest BCUT2D eigenvalue weighted by atomic mass is 19.4. The van der Waals surface area contributed by atoms with Gasteiger partial charge in [0.25, 0.3) is 0 Å². The van der Waals surface area contributed by atoms with Crippen molar-refractivity contribution in [3.8, 4) is 17.2 Å². The third-order valence-corrected chi connectivity index (χ3v) is 4.79. The molecule has 31 heavy (non-hydrogen) atoms. The largest absolute Gasteiger partial charge is 0.481 e. The second-order valence-corrected chi connectivity index (χ2v) is 6.92. The van der Waals surface area contributed by atoms with Crippen LogP contribution in [0.3, 0.4) is 0 Å². The number of ether oxygens (including phenoxy) is 1. The summed E-state index contributed by atoms with van der Waals surface area (Å²) in [7, 11) is 0. The van der Waals surface area contributed by atoms with Gasteiger partial charge in [-0.25, -0.2) is 9.78 Å². The molecule has 9 heteroatoms. The Bertz CT molecular complexity index is 1240. The molecule has 2 aromatic carbocycles. The van der Waals surface area contributed by atoms with Crippen LogP contribution < -0.4 is 4.74 Å². The molecule has 0 saturated carbocycles. The summed E-state index contributed by atoms with van der Waals surface area (Å²) in [5.41, 5.74) is 1.15. The van der Waals surface area contributed by atoms with Crippen molar-refractivity contribution in [1.82, 2.24) is 9.55 Å². The van der Waals surface area contributed by atoms with Gasteiger partial charge in [0.1, 0.15) is 11.5 Å². The molecule has 1 N–H and O–H groups in total. The summed E-state index contributed by atoms with van der Waals surface area (Å²) in [6.07, 6.45) is -2.59. The van der Waals surface area contributed by atoms with Gasteiger partial charge >= 0.3 is 12.1 Å². The fourth-order valence-electron chi connectivity index (χ4n) is 3.25. The van der Waals surface area contributed by atoms with E-state index < -0.39 is 24.3 Å². The number of rotatable bonds is 6. The number of aliphatic carboxylic acids is 1. The molecule has 0 aliphatic heterocycles. The lowest BCUT2D eigenvalue weighted by Crippen LogP contribution is -2.09. The SMILES string of the molecule is Cc1nc(-c2ccc(C(F)(F)F)cc2)oc1Cn1ccc2c(OCC(=O)O)cccc21. The molecule has 0 unspecified atom stereocenters. The van der Waals surface area contributed by atoms with Gasteiger partial charge in [-0.3, -0.25) is 0 Å². The van der Waals surface area contributed by atoms with E-state index in [1.54, 1.807) is 19.1 Å². The number of fused-ring (bicyclic) bond motifs is 1. The normalized spacial score (nSPS) is 11.7. The van der Waals surface area contributed by atoms with Crippen LogP contribution in [-0.2, 0) is 17.5 Å². The summed E-state index contributed by atoms with van der Waals surface area (Å²) < 4.78 is 51.4. The molecule has 160 valence electrons. The van der Waals surface area contributed by atoms with Gasteiger partial charge < -0.3 is 18.8 Å². The highest BCUT2D eigenvalue weighted by Crippen LogP contribution is 2.32. The highest BCUT2D eigenvalue weighted by molar-refractivity contribution is 5.87. The summed E-state index contributed by atoms with van der Waals surface area (Å²) in [4.78, 5) is 15.1.